The number of para-hydroxylation sites is 1. The van der Waals surface area contributed by atoms with E-state index in [1.165, 1.54) is 0 Å². The third-order valence-electron chi connectivity index (χ3n) is 4.57. The van der Waals surface area contributed by atoms with E-state index in [1.807, 2.05) is 32.0 Å². The first-order valence-electron chi connectivity index (χ1n) is 8.92. The second-order valence-electron chi connectivity index (χ2n) is 6.66. The van der Waals surface area contributed by atoms with E-state index in [1.54, 1.807) is 24.3 Å². The van der Waals surface area contributed by atoms with Gasteiger partial charge in [-0.25, -0.2) is 0 Å². The molecular weight excluding hydrogens is 328 g/mol. The zero-order valence-electron chi connectivity index (χ0n) is 15.2. The van der Waals surface area contributed by atoms with Gasteiger partial charge in [-0.15, -0.1) is 0 Å². The molecule has 0 saturated carbocycles. The van der Waals surface area contributed by atoms with Crippen LogP contribution < -0.4 is 10.6 Å². The zero-order chi connectivity index (χ0) is 18.5. The molecule has 1 unspecified atom stereocenters. The lowest BCUT2D eigenvalue weighted by Gasteiger charge is -2.14. The number of nitrogens with one attached hydrogen (secondary N) is 2. The summed E-state index contributed by atoms with van der Waals surface area (Å²) in [6.45, 7) is 5.08. The Morgan fingerprint density at radius 3 is 2.65 bits per heavy atom. The zero-order valence-corrected chi connectivity index (χ0v) is 15.2. The molecule has 5 heteroatoms. The van der Waals surface area contributed by atoms with Gasteiger partial charge in [0.05, 0.1) is 17.4 Å². The Morgan fingerprint density at radius 1 is 1.08 bits per heavy atom. The molecule has 1 saturated heterocycles. The molecule has 1 aliphatic rings. The van der Waals surface area contributed by atoms with Crippen LogP contribution in [0, 0.1) is 13.8 Å². The topological polar surface area (TPSA) is 67.4 Å². The molecule has 2 aromatic carbocycles. The van der Waals surface area contributed by atoms with Crippen LogP contribution in [0.25, 0.3) is 0 Å². The van der Waals surface area contributed by atoms with Crippen molar-refractivity contribution >= 4 is 17.5 Å². The van der Waals surface area contributed by atoms with Gasteiger partial charge in [-0.05, 0) is 50.5 Å². The SMILES string of the molecule is Cc1ccc(C)c(C(=O)Nc2ccccc2C(=O)NCC2CCCO2)c1. The summed E-state index contributed by atoms with van der Waals surface area (Å²) in [5.41, 5.74) is 3.48. The molecule has 2 aromatic rings. The molecular formula is C21H24N2O3. The predicted octanol–water partition coefficient (Wildman–Crippen LogP) is 3.46. The van der Waals surface area contributed by atoms with Gasteiger partial charge in [0.2, 0.25) is 0 Å². The maximum absolute atomic E-state index is 12.7. The van der Waals surface area contributed by atoms with Crippen LogP contribution in [0.4, 0.5) is 5.69 Å². The van der Waals surface area contributed by atoms with Crippen LogP contribution in [0.3, 0.4) is 0 Å². The molecule has 136 valence electrons. The van der Waals surface area contributed by atoms with Crippen LogP contribution in [0.2, 0.25) is 0 Å². The molecule has 26 heavy (non-hydrogen) atoms. The van der Waals surface area contributed by atoms with Gasteiger partial charge < -0.3 is 15.4 Å². The highest BCUT2D eigenvalue weighted by atomic mass is 16.5. The van der Waals surface area contributed by atoms with Gasteiger partial charge >= 0.3 is 0 Å². The summed E-state index contributed by atoms with van der Waals surface area (Å²) in [5.74, 6) is -0.428. The largest absolute Gasteiger partial charge is 0.376 e. The monoisotopic (exact) mass is 352 g/mol. The summed E-state index contributed by atoms with van der Waals surface area (Å²) in [7, 11) is 0. The Balaban J connectivity index is 1.73. The number of carbonyl (C=O) groups excluding carboxylic acids is 2. The Hall–Kier alpha value is -2.66. The van der Waals surface area contributed by atoms with Crippen LogP contribution in [0.5, 0.6) is 0 Å². The van der Waals surface area contributed by atoms with Crippen LogP contribution in [-0.4, -0.2) is 31.1 Å². The third-order valence-corrected chi connectivity index (χ3v) is 4.57. The van der Waals surface area contributed by atoms with Crippen LogP contribution in [0.1, 0.15) is 44.7 Å². The highest BCUT2D eigenvalue weighted by Gasteiger charge is 2.19. The molecule has 0 bridgehead atoms. The first-order chi connectivity index (χ1) is 12.5. The van der Waals surface area contributed by atoms with Gasteiger partial charge in [-0.2, -0.15) is 0 Å². The lowest BCUT2D eigenvalue weighted by atomic mass is 10.0. The van der Waals surface area contributed by atoms with E-state index < -0.39 is 0 Å². The normalized spacial score (nSPS) is 16.3. The number of carbonyl (C=O) groups is 2. The van der Waals surface area contributed by atoms with Gasteiger partial charge in [-0.3, -0.25) is 9.59 Å². The maximum atomic E-state index is 12.7. The van der Waals surface area contributed by atoms with Gasteiger partial charge in [0, 0.05) is 18.7 Å². The van der Waals surface area contributed by atoms with E-state index >= 15 is 0 Å². The third kappa shape index (κ3) is 4.29. The van der Waals surface area contributed by atoms with Gasteiger partial charge in [0.25, 0.3) is 11.8 Å². The number of hydrogen-bond donors (Lipinski definition) is 2. The number of benzene rings is 2. The Kier molecular flexibility index (Phi) is 5.68. The number of rotatable bonds is 5. The average molecular weight is 352 g/mol. The summed E-state index contributed by atoms with van der Waals surface area (Å²) >= 11 is 0. The molecule has 0 aliphatic carbocycles. The van der Waals surface area contributed by atoms with E-state index in [0.717, 1.165) is 30.6 Å². The van der Waals surface area contributed by atoms with Crippen molar-refractivity contribution in [2.75, 3.05) is 18.5 Å². The smallest absolute Gasteiger partial charge is 0.255 e. The summed E-state index contributed by atoms with van der Waals surface area (Å²) in [6, 6.07) is 12.8. The van der Waals surface area contributed by atoms with Crippen LogP contribution in [-0.2, 0) is 4.74 Å². The van der Waals surface area contributed by atoms with Gasteiger partial charge in [-0.1, -0.05) is 29.8 Å². The fourth-order valence-electron chi connectivity index (χ4n) is 3.07. The van der Waals surface area contributed by atoms with E-state index in [0.29, 0.717) is 23.4 Å². The molecule has 5 nitrogen and oxygen atoms in total. The summed E-state index contributed by atoms with van der Waals surface area (Å²) in [6.07, 6.45) is 2.07. The van der Waals surface area contributed by atoms with Crippen molar-refractivity contribution in [1.29, 1.82) is 0 Å². The summed E-state index contributed by atoms with van der Waals surface area (Å²) in [5, 5.41) is 5.77. The minimum Gasteiger partial charge on any atom is -0.376 e. The second-order valence-corrected chi connectivity index (χ2v) is 6.66. The van der Waals surface area contributed by atoms with Crippen LogP contribution >= 0.6 is 0 Å². The predicted molar refractivity (Wildman–Crippen MR) is 102 cm³/mol. The van der Waals surface area contributed by atoms with E-state index in [4.69, 9.17) is 4.74 Å². The number of anilines is 1. The molecule has 3 rings (SSSR count). The minimum atomic E-state index is -0.217. The Bertz CT molecular complexity index is 811. The Morgan fingerprint density at radius 2 is 1.88 bits per heavy atom. The van der Waals surface area contributed by atoms with Crippen molar-refractivity contribution in [3.63, 3.8) is 0 Å². The van der Waals surface area contributed by atoms with Crippen molar-refractivity contribution in [1.82, 2.24) is 5.32 Å². The molecule has 2 N–H and O–H groups in total. The van der Waals surface area contributed by atoms with Crippen molar-refractivity contribution in [2.24, 2.45) is 0 Å². The van der Waals surface area contributed by atoms with E-state index in [-0.39, 0.29) is 17.9 Å². The lowest BCUT2D eigenvalue weighted by molar-refractivity contribution is 0.0858. The molecule has 2 amide bonds. The lowest BCUT2D eigenvalue weighted by Crippen LogP contribution is -2.32. The van der Waals surface area contributed by atoms with Crippen molar-refractivity contribution in [3.8, 4) is 0 Å². The standard InChI is InChI=1S/C21H24N2O3/c1-14-9-10-15(2)18(12-14)21(25)23-19-8-4-3-7-17(19)20(24)22-13-16-6-5-11-26-16/h3-4,7-10,12,16H,5-6,11,13H2,1-2H3,(H,22,24)(H,23,25). The highest BCUT2D eigenvalue weighted by molar-refractivity contribution is 6.09. The first-order valence-corrected chi connectivity index (χ1v) is 8.92. The molecule has 0 aromatic heterocycles. The van der Waals surface area contributed by atoms with E-state index in [2.05, 4.69) is 10.6 Å². The van der Waals surface area contributed by atoms with E-state index in [9.17, 15) is 9.59 Å². The number of hydrogen-bond acceptors (Lipinski definition) is 3. The number of aryl methyl sites for hydroxylation is 2. The van der Waals surface area contributed by atoms with Crippen molar-refractivity contribution in [2.45, 2.75) is 32.8 Å². The molecule has 0 spiro atoms. The molecule has 1 fully saturated rings. The quantitative estimate of drug-likeness (QED) is 0.866. The van der Waals surface area contributed by atoms with Crippen molar-refractivity contribution < 1.29 is 14.3 Å². The van der Waals surface area contributed by atoms with Crippen molar-refractivity contribution in [3.05, 3.63) is 64.7 Å². The molecule has 1 aliphatic heterocycles. The highest BCUT2D eigenvalue weighted by Crippen LogP contribution is 2.19. The fourth-order valence-corrected chi connectivity index (χ4v) is 3.07. The fraction of sp³-hybridized carbons (Fsp3) is 0.333. The maximum Gasteiger partial charge on any atom is 0.255 e. The van der Waals surface area contributed by atoms with Gasteiger partial charge in [0.15, 0.2) is 0 Å². The number of amides is 2. The second kappa shape index (κ2) is 8.15. The first kappa shape index (κ1) is 18.1. The molecule has 1 atom stereocenters. The minimum absolute atomic E-state index is 0.0793. The average Bonchev–Trinajstić information content (AvgIpc) is 3.15. The van der Waals surface area contributed by atoms with Crippen LogP contribution in [0.15, 0.2) is 42.5 Å². The summed E-state index contributed by atoms with van der Waals surface area (Å²) < 4.78 is 5.53. The summed E-state index contributed by atoms with van der Waals surface area (Å²) in [4.78, 5) is 25.2. The molecule has 0 radical (unpaired) electrons. The Labute approximate surface area is 153 Å². The molecule has 1 heterocycles. The number of ether oxygens (including phenoxy) is 1. The van der Waals surface area contributed by atoms with Gasteiger partial charge in [0.1, 0.15) is 0 Å².